The quantitative estimate of drug-likeness (QED) is 0.486. The standard InChI is InChI=1S/C14H14ClN3O2S/c1-2-16-14-8-7-12(15)13(17-14)9-21-11-5-3-10(4-6-11)18(19)20/h3-8H,2,9H2,1H3,(H,16,17). The first kappa shape index (κ1) is 15.6. The van der Waals surface area contributed by atoms with Gasteiger partial charge in [-0.25, -0.2) is 4.98 Å². The Hall–Kier alpha value is -1.79. The molecule has 0 fully saturated rings. The lowest BCUT2D eigenvalue weighted by Gasteiger charge is -2.07. The van der Waals surface area contributed by atoms with Gasteiger partial charge in [-0.15, -0.1) is 11.8 Å². The Labute approximate surface area is 131 Å². The van der Waals surface area contributed by atoms with Gasteiger partial charge < -0.3 is 5.32 Å². The molecule has 5 nitrogen and oxygen atoms in total. The van der Waals surface area contributed by atoms with Crippen LogP contribution in [0.5, 0.6) is 0 Å². The number of aromatic nitrogens is 1. The second kappa shape index (κ2) is 7.28. The number of halogens is 1. The third-order valence-corrected chi connectivity index (χ3v) is 4.07. The molecular formula is C14H14ClN3O2S. The van der Waals surface area contributed by atoms with E-state index < -0.39 is 4.92 Å². The van der Waals surface area contributed by atoms with Crippen LogP contribution in [0.2, 0.25) is 5.02 Å². The molecule has 0 amide bonds. The first-order valence-corrected chi connectivity index (χ1v) is 7.73. The van der Waals surface area contributed by atoms with Crippen molar-refractivity contribution in [2.75, 3.05) is 11.9 Å². The van der Waals surface area contributed by atoms with Crippen molar-refractivity contribution in [2.24, 2.45) is 0 Å². The predicted octanol–water partition coefficient (Wildman–Crippen LogP) is 4.37. The monoisotopic (exact) mass is 323 g/mol. The van der Waals surface area contributed by atoms with Gasteiger partial charge in [0.2, 0.25) is 0 Å². The van der Waals surface area contributed by atoms with Crippen LogP contribution >= 0.6 is 23.4 Å². The lowest BCUT2D eigenvalue weighted by Crippen LogP contribution is -2.01. The van der Waals surface area contributed by atoms with Crippen LogP contribution in [0, 0.1) is 10.1 Å². The third-order valence-electron chi connectivity index (χ3n) is 2.70. The minimum atomic E-state index is -0.410. The van der Waals surface area contributed by atoms with E-state index in [1.54, 1.807) is 12.1 Å². The molecule has 0 atom stereocenters. The zero-order chi connectivity index (χ0) is 15.2. The molecule has 2 aromatic rings. The maximum absolute atomic E-state index is 10.6. The number of thioether (sulfide) groups is 1. The Bertz CT molecular complexity index is 635. The minimum absolute atomic E-state index is 0.0876. The van der Waals surface area contributed by atoms with Crippen LogP contribution in [-0.4, -0.2) is 16.5 Å². The number of nitro groups is 1. The smallest absolute Gasteiger partial charge is 0.269 e. The number of pyridine rings is 1. The summed E-state index contributed by atoms with van der Waals surface area (Å²) in [6, 6.07) is 10.1. The Balaban J connectivity index is 2.05. The van der Waals surface area contributed by atoms with E-state index in [0.29, 0.717) is 10.8 Å². The predicted molar refractivity (Wildman–Crippen MR) is 86.1 cm³/mol. The van der Waals surface area contributed by atoms with Gasteiger partial charge in [-0.2, -0.15) is 0 Å². The highest BCUT2D eigenvalue weighted by atomic mass is 35.5. The number of hydrogen-bond acceptors (Lipinski definition) is 5. The fourth-order valence-electron chi connectivity index (χ4n) is 1.68. The number of nitrogens with one attached hydrogen (secondary N) is 1. The molecule has 0 aliphatic rings. The van der Waals surface area contributed by atoms with Crippen molar-refractivity contribution in [3.05, 3.63) is 57.2 Å². The molecule has 0 spiro atoms. The van der Waals surface area contributed by atoms with Gasteiger partial charge in [-0.1, -0.05) is 11.6 Å². The van der Waals surface area contributed by atoms with Crippen LogP contribution in [0.15, 0.2) is 41.3 Å². The van der Waals surface area contributed by atoms with E-state index in [1.807, 2.05) is 19.1 Å². The maximum atomic E-state index is 10.6. The highest BCUT2D eigenvalue weighted by Gasteiger charge is 2.07. The summed E-state index contributed by atoms with van der Waals surface area (Å²) >= 11 is 7.67. The molecule has 0 aliphatic heterocycles. The molecule has 1 aromatic heterocycles. The van der Waals surface area contributed by atoms with Crippen molar-refractivity contribution < 1.29 is 4.92 Å². The van der Waals surface area contributed by atoms with Crippen molar-refractivity contribution >= 4 is 34.9 Å². The van der Waals surface area contributed by atoms with Crippen LogP contribution in [-0.2, 0) is 5.75 Å². The van der Waals surface area contributed by atoms with E-state index in [2.05, 4.69) is 10.3 Å². The molecule has 0 unspecified atom stereocenters. The van der Waals surface area contributed by atoms with E-state index in [9.17, 15) is 10.1 Å². The molecule has 21 heavy (non-hydrogen) atoms. The van der Waals surface area contributed by atoms with Gasteiger partial charge >= 0.3 is 0 Å². The normalized spacial score (nSPS) is 10.4. The molecule has 0 saturated heterocycles. The molecular weight excluding hydrogens is 310 g/mol. The number of non-ortho nitro benzene ring substituents is 1. The highest BCUT2D eigenvalue weighted by molar-refractivity contribution is 7.98. The van der Waals surface area contributed by atoms with Crippen LogP contribution < -0.4 is 5.32 Å². The van der Waals surface area contributed by atoms with Gasteiger partial charge in [0, 0.05) is 29.3 Å². The Morgan fingerprint density at radius 3 is 2.62 bits per heavy atom. The van der Waals surface area contributed by atoms with Gasteiger partial charge in [-0.3, -0.25) is 10.1 Å². The lowest BCUT2D eigenvalue weighted by atomic mass is 10.3. The summed E-state index contributed by atoms with van der Waals surface area (Å²) in [7, 11) is 0. The summed E-state index contributed by atoms with van der Waals surface area (Å²) < 4.78 is 0. The molecule has 7 heteroatoms. The Kier molecular flexibility index (Phi) is 5.41. The van der Waals surface area contributed by atoms with Gasteiger partial charge in [0.1, 0.15) is 5.82 Å². The van der Waals surface area contributed by atoms with Crippen molar-refractivity contribution in [1.82, 2.24) is 4.98 Å². The van der Waals surface area contributed by atoms with Gasteiger partial charge in [-0.05, 0) is 31.2 Å². The molecule has 1 heterocycles. The summed E-state index contributed by atoms with van der Waals surface area (Å²) in [4.78, 5) is 15.6. The second-order valence-electron chi connectivity index (χ2n) is 4.20. The molecule has 0 saturated carbocycles. The first-order chi connectivity index (χ1) is 10.1. The zero-order valence-corrected chi connectivity index (χ0v) is 12.9. The highest BCUT2D eigenvalue weighted by Crippen LogP contribution is 2.27. The van der Waals surface area contributed by atoms with Crippen LogP contribution in [0.1, 0.15) is 12.6 Å². The van der Waals surface area contributed by atoms with Crippen LogP contribution in [0.3, 0.4) is 0 Å². The SMILES string of the molecule is CCNc1ccc(Cl)c(CSc2ccc([N+](=O)[O-])cc2)n1. The maximum Gasteiger partial charge on any atom is 0.269 e. The van der Waals surface area contributed by atoms with Gasteiger partial charge in [0.25, 0.3) is 5.69 Å². The topological polar surface area (TPSA) is 68.1 Å². The Morgan fingerprint density at radius 1 is 1.29 bits per heavy atom. The third kappa shape index (κ3) is 4.34. The van der Waals surface area contributed by atoms with Crippen molar-refractivity contribution in [3.8, 4) is 0 Å². The second-order valence-corrected chi connectivity index (χ2v) is 5.65. The summed E-state index contributed by atoms with van der Waals surface area (Å²) in [6.07, 6.45) is 0. The van der Waals surface area contributed by atoms with Crippen LogP contribution in [0.4, 0.5) is 11.5 Å². The largest absolute Gasteiger partial charge is 0.370 e. The molecule has 2 rings (SSSR count). The summed E-state index contributed by atoms with van der Waals surface area (Å²) in [5.41, 5.74) is 0.878. The van der Waals surface area contributed by atoms with E-state index in [4.69, 9.17) is 11.6 Å². The number of benzene rings is 1. The fourth-order valence-corrected chi connectivity index (χ4v) is 2.78. The fraction of sp³-hybridized carbons (Fsp3) is 0.214. The van der Waals surface area contributed by atoms with Gasteiger partial charge in [0.05, 0.1) is 15.6 Å². The molecule has 1 aromatic carbocycles. The zero-order valence-electron chi connectivity index (χ0n) is 11.4. The summed E-state index contributed by atoms with van der Waals surface area (Å²) in [6.45, 7) is 2.80. The van der Waals surface area contributed by atoms with Crippen molar-refractivity contribution in [3.63, 3.8) is 0 Å². The Morgan fingerprint density at radius 2 is 2.00 bits per heavy atom. The lowest BCUT2D eigenvalue weighted by molar-refractivity contribution is -0.384. The number of nitro benzene ring substituents is 1. The molecule has 1 N–H and O–H groups in total. The van der Waals surface area contributed by atoms with E-state index in [-0.39, 0.29) is 5.69 Å². The molecule has 0 bridgehead atoms. The van der Waals surface area contributed by atoms with E-state index in [1.165, 1.54) is 23.9 Å². The molecule has 0 radical (unpaired) electrons. The molecule has 0 aliphatic carbocycles. The summed E-state index contributed by atoms with van der Waals surface area (Å²) in [5, 5.41) is 14.4. The minimum Gasteiger partial charge on any atom is -0.370 e. The summed E-state index contributed by atoms with van der Waals surface area (Å²) in [5.74, 6) is 1.40. The van der Waals surface area contributed by atoms with Crippen molar-refractivity contribution in [2.45, 2.75) is 17.6 Å². The van der Waals surface area contributed by atoms with Crippen molar-refractivity contribution in [1.29, 1.82) is 0 Å². The number of rotatable bonds is 6. The van der Waals surface area contributed by atoms with Gasteiger partial charge in [0.15, 0.2) is 0 Å². The van der Waals surface area contributed by atoms with E-state index in [0.717, 1.165) is 23.0 Å². The number of anilines is 1. The number of hydrogen-bond donors (Lipinski definition) is 1. The first-order valence-electron chi connectivity index (χ1n) is 6.36. The average molecular weight is 324 g/mol. The molecule has 110 valence electrons. The van der Waals surface area contributed by atoms with Crippen LogP contribution in [0.25, 0.3) is 0 Å². The number of nitrogens with zero attached hydrogens (tertiary/aromatic N) is 2. The average Bonchev–Trinajstić information content (AvgIpc) is 2.48. The van der Waals surface area contributed by atoms with E-state index >= 15 is 0 Å².